The number of hydrogen-bond donors (Lipinski definition) is 3. The number of nitrogens with zero attached hydrogens (tertiary/aromatic N) is 1. The summed E-state index contributed by atoms with van der Waals surface area (Å²) < 4.78 is 5.34. The van der Waals surface area contributed by atoms with Crippen LogP contribution >= 0.6 is 0 Å². The molecule has 1 aliphatic heterocycles. The van der Waals surface area contributed by atoms with Gasteiger partial charge < -0.3 is 20.1 Å². The molecule has 2 atom stereocenters. The number of ether oxygens (including phenoxy) is 1. The molecule has 2 aliphatic rings. The van der Waals surface area contributed by atoms with Gasteiger partial charge in [0.1, 0.15) is 12.4 Å². The number of aliphatic hydroxyl groups excluding tert-OH is 3. The zero-order valence-electron chi connectivity index (χ0n) is 12.1. The molecule has 1 aliphatic carbocycles. The predicted octanol–water partition coefficient (Wildman–Crippen LogP) is 0.0903. The second-order valence-corrected chi connectivity index (χ2v) is 6.17. The van der Waals surface area contributed by atoms with Crippen molar-refractivity contribution in [2.75, 3.05) is 39.5 Å². The van der Waals surface area contributed by atoms with E-state index in [0.717, 1.165) is 25.4 Å². The van der Waals surface area contributed by atoms with Gasteiger partial charge in [-0.05, 0) is 29.5 Å². The number of fused-ring (bicyclic) bond motifs is 1. The van der Waals surface area contributed by atoms with Gasteiger partial charge in [0.05, 0.1) is 19.8 Å². The van der Waals surface area contributed by atoms with Gasteiger partial charge in [-0.25, -0.2) is 0 Å². The Morgan fingerprint density at radius 3 is 2.19 bits per heavy atom. The number of piperidine rings is 1. The molecule has 1 saturated carbocycles. The van der Waals surface area contributed by atoms with Gasteiger partial charge >= 0.3 is 0 Å². The van der Waals surface area contributed by atoms with Gasteiger partial charge in [0.25, 0.3) is 0 Å². The van der Waals surface area contributed by atoms with Crippen LogP contribution in [-0.2, 0) is 6.54 Å². The fourth-order valence-corrected chi connectivity index (χ4v) is 3.68. The third kappa shape index (κ3) is 2.66. The molecular weight excluding hydrogens is 270 g/mol. The minimum Gasteiger partial charge on any atom is -0.491 e. The summed E-state index contributed by atoms with van der Waals surface area (Å²) in [7, 11) is 0. The van der Waals surface area contributed by atoms with E-state index in [2.05, 4.69) is 4.90 Å². The van der Waals surface area contributed by atoms with Gasteiger partial charge in [0, 0.05) is 25.0 Å². The van der Waals surface area contributed by atoms with Gasteiger partial charge in [-0.1, -0.05) is 12.1 Å². The van der Waals surface area contributed by atoms with Crippen molar-refractivity contribution >= 4 is 0 Å². The van der Waals surface area contributed by atoms with E-state index in [-0.39, 0.29) is 25.2 Å². The van der Waals surface area contributed by atoms with Crippen LogP contribution in [-0.4, -0.2) is 59.7 Å². The van der Waals surface area contributed by atoms with Gasteiger partial charge in [-0.3, -0.25) is 4.90 Å². The normalized spacial score (nSPS) is 26.6. The smallest absolute Gasteiger partial charge is 0.119 e. The average molecular weight is 293 g/mol. The van der Waals surface area contributed by atoms with Crippen molar-refractivity contribution < 1.29 is 20.1 Å². The van der Waals surface area contributed by atoms with Crippen LogP contribution in [0, 0.1) is 17.3 Å². The lowest BCUT2D eigenvalue weighted by molar-refractivity contribution is 0.0868. The van der Waals surface area contributed by atoms with E-state index < -0.39 is 0 Å². The molecule has 0 radical (unpaired) electrons. The summed E-state index contributed by atoms with van der Waals surface area (Å²) in [6.07, 6.45) is 0. The Labute approximate surface area is 124 Å². The first-order valence-electron chi connectivity index (χ1n) is 7.50. The lowest BCUT2D eigenvalue weighted by Crippen LogP contribution is -2.31. The van der Waals surface area contributed by atoms with Crippen LogP contribution in [0.25, 0.3) is 0 Å². The van der Waals surface area contributed by atoms with Crippen molar-refractivity contribution in [3.8, 4) is 5.75 Å². The van der Waals surface area contributed by atoms with Gasteiger partial charge in [0.2, 0.25) is 0 Å². The van der Waals surface area contributed by atoms with Crippen molar-refractivity contribution in [1.29, 1.82) is 0 Å². The van der Waals surface area contributed by atoms with Crippen LogP contribution in [0.3, 0.4) is 0 Å². The summed E-state index contributed by atoms with van der Waals surface area (Å²) in [5, 5.41) is 27.6. The largest absolute Gasteiger partial charge is 0.491 e. The first-order valence-corrected chi connectivity index (χ1v) is 7.50. The molecule has 0 aromatic heterocycles. The van der Waals surface area contributed by atoms with E-state index in [9.17, 15) is 10.2 Å². The molecule has 2 fully saturated rings. The summed E-state index contributed by atoms with van der Waals surface area (Å²) >= 11 is 0. The number of aliphatic hydroxyl groups is 3. The molecule has 5 nitrogen and oxygen atoms in total. The summed E-state index contributed by atoms with van der Waals surface area (Å²) in [5.74, 6) is 1.66. The van der Waals surface area contributed by atoms with E-state index in [4.69, 9.17) is 9.84 Å². The molecule has 0 spiro atoms. The number of benzene rings is 1. The maximum atomic E-state index is 9.43. The lowest BCUT2D eigenvalue weighted by Gasteiger charge is -2.24. The first kappa shape index (κ1) is 14.8. The zero-order chi connectivity index (χ0) is 14.9. The Balaban J connectivity index is 1.51. The second kappa shape index (κ2) is 5.93. The van der Waals surface area contributed by atoms with E-state index in [1.807, 2.05) is 24.3 Å². The molecule has 1 aromatic carbocycles. The van der Waals surface area contributed by atoms with E-state index in [1.165, 1.54) is 5.56 Å². The molecule has 1 saturated heterocycles. The van der Waals surface area contributed by atoms with Crippen LogP contribution in [0.2, 0.25) is 0 Å². The van der Waals surface area contributed by atoms with Crippen molar-refractivity contribution in [2.45, 2.75) is 6.54 Å². The van der Waals surface area contributed by atoms with E-state index in [1.54, 1.807) is 0 Å². The fraction of sp³-hybridized carbons (Fsp3) is 0.625. The van der Waals surface area contributed by atoms with Crippen LogP contribution in [0.5, 0.6) is 5.75 Å². The third-order valence-corrected chi connectivity index (χ3v) is 5.04. The van der Waals surface area contributed by atoms with Crippen molar-refractivity contribution in [3.05, 3.63) is 29.8 Å². The Morgan fingerprint density at radius 1 is 1.05 bits per heavy atom. The van der Waals surface area contributed by atoms with Gasteiger partial charge in [-0.2, -0.15) is 0 Å². The molecule has 21 heavy (non-hydrogen) atoms. The maximum Gasteiger partial charge on any atom is 0.119 e. The molecule has 0 amide bonds. The van der Waals surface area contributed by atoms with Gasteiger partial charge in [-0.15, -0.1) is 0 Å². The van der Waals surface area contributed by atoms with Gasteiger partial charge in [0.15, 0.2) is 0 Å². The van der Waals surface area contributed by atoms with Crippen LogP contribution in [0.1, 0.15) is 5.56 Å². The highest BCUT2D eigenvalue weighted by Gasteiger charge is 2.67. The zero-order valence-corrected chi connectivity index (χ0v) is 12.1. The van der Waals surface area contributed by atoms with E-state index >= 15 is 0 Å². The summed E-state index contributed by atoms with van der Waals surface area (Å²) in [6, 6.07) is 7.94. The second-order valence-electron chi connectivity index (χ2n) is 6.17. The van der Waals surface area contributed by atoms with Crippen molar-refractivity contribution in [2.24, 2.45) is 17.3 Å². The number of hydrogen-bond acceptors (Lipinski definition) is 5. The van der Waals surface area contributed by atoms with Crippen molar-refractivity contribution in [1.82, 2.24) is 4.90 Å². The third-order valence-electron chi connectivity index (χ3n) is 5.04. The van der Waals surface area contributed by atoms with Crippen LogP contribution in [0.4, 0.5) is 0 Å². The van der Waals surface area contributed by atoms with Crippen LogP contribution < -0.4 is 4.74 Å². The minimum absolute atomic E-state index is 0.0236. The highest BCUT2D eigenvalue weighted by Crippen LogP contribution is 2.62. The van der Waals surface area contributed by atoms with E-state index in [0.29, 0.717) is 18.4 Å². The van der Waals surface area contributed by atoms with Crippen LogP contribution in [0.15, 0.2) is 24.3 Å². The topological polar surface area (TPSA) is 73.2 Å². The Bertz CT molecular complexity index is 458. The molecule has 5 heteroatoms. The first-order chi connectivity index (χ1) is 10.2. The molecule has 2 unspecified atom stereocenters. The average Bonchev–Trinajstić information content (AvgIpc) is 2.88. The summed E-state index contributed by atoms with van der Waals surface area (Å²) in [6.45, 7) is 3.34. The lowest BCUT2D eigenvalue weighted by atomic mass is 10.0. The number of likely N-dealkylation sites (tertiary alicyclic amines) is 1. The van der Waals surface area contributed by atoms with Crippen molar-refractivity contribution in [3.63, 3.8) is 0 Å². The Hall–Kier alpha value is -1.14. The molecule has 3 N–H and O–H groups in total. The Morgan fingerprint density at radius 2 is 1.67 bits per heavy atom. The molecule has 3 rings (SSSR count). The molecule has 1 aromatic rings. The standard InChI is InChI=1S/C16H23NO4/c18-5-6-21-13-3-1-12(2-4-13)7-17-8-14-15(9-17)16(14,10-19)11-20/h1-4,14-15,18-20H,5-11H2. The number of rotatable bonds is 7. The molecule has 1 heterocycles. The summed E-state index contributed by atoms with van der Waals surface area (Å²) in [5.41, 5.74) is 1.02. The molecular formula is C16H23NO4. The SMILES string of the molecule is OCCOc1ccc(CN2CC3C(C2)C3(CO)CO)cc1. The fourth-order valence-electron chi connectivity index (χ4n) is 3.68. The highest BCUT2D eigenvalue weighted by atomic mass is 16.5. The predicted molar refractivity (Wildman–Crippen MR) is 77.9 cm³/mol. The highest BCUT2D eigenvalue weighted by molar-refractivity contribution is 5.27. The molecule has 116 valence electrons. The Kier molecular flexibility index (Phi) is 4.17. The molecule has 0 bridgehead atoms. The maximum absolute atomic E-state index is 9.43. The quantitative estimate of drug-likeness (QED) is 0.664. The monoisotopic (exact) mass is 293 g/mol. The minimum atomic E-state index is -0.210. The summed E-state index contributed by atoms with van der Waals surface area (Å²) in [4.78, 5) is 2.38.